The van der Waals surface area contributed by atoms with Crippen LogP contribution in [0.5, 0.6) is 5.75 Å². The monoisotopic (exact) mass is 321 g/mol. The van der Waals surface area contributed by atoms with E-state index in [2.05, 4.69) is 11.1 Å². The van der Waals surface area contributed by atoms with E-state index in [4.69, 9.17) is 10.5 Å². The third kappa shape index (κ3) is 3.03. The molecule has 0 saturated heterocycles. The van der Waals surface area contributed by atoms with E-state index in [0.717, 1.165) is 28.1 Å². The summed E-state index contributed by atoms with van der Waals surface area (Å²) in [5, 5.41) is 13.4. The fourth-order valence-corrected chi connectivity index (χ4v) is 3.02. The second-order valence-corrected chi connectivity index (χ2v) is 5.68. The van der Waals surface area contributed by atoms with Crippen LogP contribution in [0.2, 0.25) is 0 Å². The standard InChI is InChI=1S/C18H15N3OS/c1-2-22-14-5-3-12(4-6-14)15-9-17(13-7-8-23-11-13)21-18(20)16(15)10-19/h3-9,11H,2H2,1H3,(H2,20,21). The third-order valence-corrected chi connectivity index (χ3v) is 4.14. The molecule has 2 aromatic heterocycles. The van der Waals surface area contributed by atoms with Gasteiger partial charge in [0.1, 0.15) is 23.2 Å². The molecule has 5 heteroatoms. The maximum absolute atomic E-state index is 9.43. The number of pyridine rings is 1. The second kappa shape index (κ2) is 6.51. The first kappa shape index (κ1) is 15.1. The van der Waals surface area contributed by atoms with Gasteiger partial charge in [-0.1, -0.05) is 12.1 Å². The number of nitrogens with two attached hydrogens (primary N) is 1. The summed E-state index contributed by atoms with van der Waals surface area (Å²) in [6, 6.07) is 13.7. The zero-order chi connectivity index (χ0) is 16.2. The van der Waals surface area contributed by atoms with Crippen LogP contribution in [0.1, 0.15) is 12.5 Å². The number of ether oxygens (including phenoxy) is 1. The van der Waals surface area contributed by atoms with E-state index < -0.39 is 0 Å². The fraction of sp³-hybridized carbons (Fsp3) is 0.111. The van der Waals surface area contributed by atoms with Gasteiger partial charge in [0.15, 0.2) is 0 Å². The van der Waals surface area contributed by atoms with Gasteiger partial charge in [-0.2, -0.15) is 16.6 Å². The molecule has 0 radical (unpaired) electrons. The van der Waals surface area contributed by atoms with Crippen LogP contribution in [0.3, 0.4) is 0 Å². The molecular formula is C18H15N3OS. The summed E-state index contributed by atoms with van der Waals surface area (Å²) in [5.74, 6) is 1.05. The minimum Gasteiger partial charge on any atom is -0.494 e. The summed E-state index contributed by atoms with van der Waals surface area (Å²) in [7, 11) is 0. The average molecular weight is 321 g/mol. The highest BCUT2D eigenvalue weighted by molar-refractivity contribution is 7.08. The Kier molecular flexibility index (Phi) is 4.26. The number of aromatic nitrogens is 1. The number of nitrogens with zero attached hydrogens (tertiary/aromatic N) is 2. The van der Waals surface area contributed by atoms with E-state index in [1.165, 1.54) is 0 Å². The van der Waals surface area contributed by atoms with Crippen molar-refractivity contribution in [3.05, 3.63) is 52.7 Å². The lowest BCUT2D eigenvalue weighted by Gasteiger charge is -2.10. The van der Waals surface area contributed by atoms with E-state index in [9.17, 15) is 5.26 Å². The third-order valence-electron chi connectivity index (χ3n) is 3.45. The molecule has 0 spiro atoms. The van der Waals surface area contributed by atoms with Crippen LogP contribution in [0, 0.1) is 11.3 Å². The first-order valence-corrected chi connectivity index (χ1v) is 8.13. The number of hydrogen-bond donors (Lipinski definition) is 1. The van der Waals surface area contributed by atoms with Crippen molar-refractivity contribution in [2.45, 2.75) is 6.92 Å². The average Bonchev–Trinajstić information content (AvgIpc) is 3.10. The van der Waals surface area contributed by atoms with Crippen molar-refractivity contribution in [1.29, 1.82) is 5.26 Å². The Morgan fingerprint density at radius 2 is 2.00 bits per heavy atom. The second-order valence-electron chi connectivity index (χ2n) is 4.90. The van der Waals surface area contributed by atoms with Gasteiger partial charge in [-0.3, -0.25) is 0 Å². The lowest BCUT2D eigenvalue weighted by molar-refractivity contribution is 0.340. The van der Waals surface area contributed by atoms with Gasteiger partial charge in [0.2, 0.25) is 0 Å². The Balaban J connectivity index is 2.11. The minimum atomic E-state index is 0.250. The molecule has 3 aromatic rings. The first-order valence-electron chi connectivity index (χ1n) is 7.19. The molecule has 2 heterocycles. The van der Waals surface area contributed by atoms with Crippen LogP contribution in [-0.2, 0) is 0 Å². The van der Waals surface area contributed by atoms with Crippen LogP contribution < -0.4 is 10.5 Å². The van der Waals surface area contributed by atoms with E-state index in [-0.39, 0.29) is 5.82 Å². The number of hydrogen-bond acceptors (Lipinski definition) is 5. The molecule has 3 rings (SSSR count). The molecule has 1 aromatic carbocycles. The van der Waals surface area contributed by atoms with E-state index in [1.807, 2.05) is 54.1 Å². The largest absolute Gasteiger partial charge is 0.494 e. The summed E-state index contributed by atoms with van der Waals surface area (Å²) in [4.78, 5) is 4.36. The number of nitriles is 1. The van der Waals surface area contributed by atoms with Crippen molar-refractivity contribution in [2.24, 2.45) is 0 Å². The Morgan fingerprint density at radius 3 is 2.61 bits per heavy atom. The van der Waals surface area contributed by atoms with Gasteiger partial charge in [-0.15, -0.1) is 0 Å². The Bertz CT molecular complexity index is 849. The molecular weight excluding hydrogens is 306 g/mol. The highest BCUT2D eigenvalue weighted by Crippen LogP contribution is 2.32. The molecule has 2 N–H and O–H groups in total. The Labute approximate surface area is 138 Å². The summed E-state index contributed by atoms with van der Waals surface area (Å²) in [6.45, 7) is 2.56. The highest BCUT2D eigenvalue weighted by atomic mass is 32.1. The van der Waals surface area contributed by atoms with Crippen molar-refractivity contribution in [3.63, 3.8) is 0 Å². The summed E-state index contributed by atoms with van der Waals surface area (Å²) in [6.07, 6.45) is 0. The molecule has 0 bridgehead atoms. The van der Waals surface area contributed by atoms with Crippen molar-refractivity contribution in [1.82, 2.24) is 4.98 Å². The SMILES string of the molecule is CCOc1ccc(-c2cc(-c3ccsc3)nc(N)c2C#N)cc1. The topological polar surface area (TPSA) is 71.9 Å². The molecule has 23 heavy (non-hydrogen) atoms. The highest BCUT2D eigenvalue weighted by Gasteiger charge is 2.13. The van der Waals surface area contributed by atoms with Gasteiger partial charge in [0.05, 0.1) is 12.3 Å². The van der Waals surface area contributed by atoms with Crippen LogP contribution in [0.4, 0.5) is 5.82 Å². The maximum Gasteiger partial charge on any atom is 0.142 e. The number of thiophene rings is 1. The number of anilines is 1. The van der Waals surface area contributed by atoms with Crippen LogP contribution in [-0.4, -0.2) is 11.6 Å². The van der Waals surface area contributed by atoms with Crippen LogP contribution in [0.15, 0.2) is 47.2 Å². The molecule has 0 aliphatic heterocycles. The van der Waals surface area contributed by atoms with Crippen molar-refractivity contribution < 1.29 is 4.74 Å². The van der Waals surface area contributed by atoms with Gasteiger partial charge in [-0.05, 0) is 42.1 Å². The van der Waals surface area contributed by atoms with Crippen molar-refractivity contribution in [2.75, 3.05) is 12.3 Å². The molecule has 0 atom stereocenters. The quantitative estimate of drug-likeness (QED) is 0.776. The number of rotatable bonds is 4. The van der Waals surface area contributed by atoms with Crippen LogP contribution in [0.25, 0.3) is 22.4 Å². The molecule has 0 saturated carbocycles. The summed E-state index contributed by atoms with van der Waals surface area (Å²) >= 11 is 1.60. The van der Waals surface area contributed by atoms with Gasteiger partial charge in [0, 0.05) is 16.5 Å². The van der Waals surface area contributed by atoms with E-state index in [1.54, 1.807) is 11.3 Å². The normalized spacial score (nSPS) is 10.3. The molecule has 0 amide bonds. The lowest BCUT2D eigenvalue weighted by Crippen LogP contribution is -1.99. The molecule has 0 unspecified atom stereocenters. The summed E-state index contributed by atoms with van der Waals surface area (Å²) in [5.41, 5.74) is 9.86. The molecule has 0 aliphatic carbocycles. The first-order chi connectivity index (χ1) is 11.2. The van der Waals surface area contributed by atoms with Gasteiger partial charge >= 0.3 is 0 Å². The predicted octanol–water partition coefficient (Wildman–Crippen LogP) is 4.33. The lowest BCUT2D eigenvalue weighted by atomic mass is 9.99. The van der Waals surface area contributed by atoms with Crippen molar-refractivity contribution in [3.8, 4) is 34.2 Å². The van der Waals surface area contributed by atoms with Gasteiger partial charge in [0.25, 0.3) is 0 Å². The summed E-state index contributed by atoms with van der Waals surface area (Å²) < 4.78 is 5.46. The molecule has 0 fully saturated rings. The fourth-order valence-electron chi connectivity index (χ4n) is 2.37. The number of benzene rings is 1. The zero-order valence-corrected chi connectivity index (χ0v) is 13.4. The Morgan fingerprint density at radius 1 is 1.22 bits per heavy atom. The van der Waals surface area contributed by atoms with Crippen LogP contribution >= 0.6 is 11.3 Å². The van der Waals surface area contributed by atoms with E-state index in [0.29, 0.717) is 12.2 Å². The molecule has 4 nitrogen and oxygen atoms in total. The van der Waals surface area contributed by atoms with E-state index >= 15 is 0 Å². The molecule has 114 valence electrons. The minimum absolute atomic E-state index is 0.250. The zero-order valence-electron chi connectivity index (χ0n) is 12.6. The molecule has 0 aliphatic rings. The van der Waals surface area contributed by atoms with Gasteiger partial charge < -0.3 is 10.5 Å². The smallest absolute Gasteiger partial charge is 0.142 e. The van der Waals surface area contributed by atoms with Gasteiger partial charge in [-0.25, -0.2) is 4.98 Å². The number of nitrogen functional groups attached to an aromatic ring is 1. The Hall–Kier alpha value is -2.84. The van der Waals surface area contributed by atoms with Crippen molar-refractivity contribution >= 4 is 17.2 Å². The maximum atomic E-state index is 9.43. The predicted molar refractivity (Wildman–Crippen MR) is 93.3 cm³/mol.